The third-order valence-corrected chi connectivity index (χ3v) is 6.80. The summed E-state index contributed by atoms with van der Waals surface area (Å²) in [6.45, 7) is 0. The van der Waals surface area contributed by atoms with Gasteiger partial charge in [0.1, 0.15) is 15.5 Å². The number of hydrogen-bond acceptors (Lipinski definition) is 5. The Hall–Kier alpha value is -3.39. The summed E-state index contributed by atoms with van der Waals surface area (Å²) in [7, 11) is 0. The molecular formula is C23H23N5O2S. The van der Waals surface area contributed by atoms with E-state index >= 15 is 0 Å². The van der Waals surface area contributed by atoms with Crippen LogP contribution in [-0.4, -0.2) is 20.7 Å². The van der Waals surface area contributed by atoms with Gasteiger partial charge >= 0.3 is 0 Å². The van der Waals surface area contributed by atoms with E-state index in [0.717, 1.165) is 41.6 Å². The molecule has 0 spiro atoms. The number of hydrogen-bond donors (Lipinski definition) is 3. The number of benzene rings is 1. The number of carbonyl (C=O) groups is 1. The van der Waals surface area contributed by atoms with Crippen molar-refractivity contribution in [2.24, 2.45) is 0 Å². The number of nitrogens with two attached hydrogens (primary N) is 1. The quantitative estimate of drug-likeness (QED) is 0.449. The standard InChI is InChI=1S/C23H23N5O2S/c24-20-16-12-14-8-4-1-2-7-11-17(14)25-23(16)31-21(20)22(30)26-18-13-19(29)28(27-18)15-9-5-3-6-10-15/h3,5-6,9-10,12-13,27H,1-2,4,7-8,11,24H2,(H,26,30). The van der Waals surface area contributed by atoms with Crippen LogP contribution in [0.4, 0.5) is 11.5 Å². The number of anilines is 2. The van der Waals surface area contributed by atoms with Crippen molar-refractivity contribution in [3.63, 3.8) is 0 Å². The molecule has 1 amide bonds. The zero-order valence-electron chi connectivity index (χ0n) is 17.0. The zero-order valence-corrected chi connectivity index (χ0v) is 17.8. The molecule has 0 unspecified atom stereocenters. The molecule has 5 rings (SSSR count). The van der Waals surface area contributed by atoms with Gasteiger partial charge in [-0.05, 0) is 49.4 Å². The molecule has 8 heteroatoms. The summed E-state index contributed by atoms with van der Waals surface area (Å²) in [4.78, 5) is 31.3. The topological polar surface area (TPSA) is 106 Å². The van der Waals surface area contributed by atoms with Crippen molar-refractivity contribution in [3.8, 4) is 5.69 Å². The number of H-pyrrole nitrogens is 1. The molecule has 0 aliphatic heterocycles. The molecule has 0 radical (unpaired) electrons. The van der Waals surface area contributed by atoms with Gasteiger partial charge < -0.3 is 11.1 Å². The van der Waals surface area contributed by atoms with Crippen molar-refractivity contribution in [1.82, 2.24) is 14.8 Å². The molecule has 0 saturated carbocycles. The fourth-order valence-electron chi connectivity index (χ4n) is 4.09. The molecule has 1 aromatic carbocycles. The largest absolute Gasteiger partial charge is 0.397 e. The molecule has 3 heterocycles. The van der Waals surface area contributed by atoms with E-state index in [1.54, 1.807) is 0 Å². The zero-order chi connectivity index (χ0) is 21.4. The van der Waals surface area contributed by atoms with E-state index in [1.165, 1.54) is 40.5 Å². The Bertz CT molecular complexity index is 1320. The van der Waals surface area contributed by atoms with Gasteiger partial charge in [0.2, 0.25) is 0 Å². The normalized spacial score (nSPS) is 14.1. The summed E-state index contributed by atoms with van der Waals surface area (Å²) in [5.41, 5.74) is 9.61. The molecule has 1 aliphatic rings. The van der Waals surface area contributed by atoms with Crippen molar-refractivity contribution >= 4 is 39.0 Å². The van der Waals surface area contributed by atoms with Gasteiger partial charge in [-0.1, -0.05) is 31.0 Å². The van der Waals surface area contributed by atoms with E-state index in [0.29, 0.717) is 22.1 Å². The second-order valence-corrected chi connectivity index (χ2v) is 8.84. The Morgan fingerprint density at radius 1 is 1.10 bits per heavy atom. The predicted molar refractivity (Wildman–Crippen MR) is 124 cm³/mol. The van der Waals surface area contributed by atoms with Crippen LogP contribution in [0, 0.1) is 0 Å². The third-order valence-electron chi connectivity index (χ3n) is 5.69. The molecule has 0 atom stereocenters. The molecular weight excluding hydrogens is 410 g/mol. The summed E-state index contributed by atoms with van der Waals surface area (Å²) in [6.07, 6.45) is 6.75. The molecule has 0 saturated heterocycles. The predicted octanol–water partition coefficient (Wildman–Crippen LogP) is 4.27. The number of nitrogen functional groups attached to an aromatic ring is 1. The highest BCUT2D eigenvalue weighted by molar-refractivity contribution is 7.21. The Balaban J connectivity index is 1.45. The van der Waals surface area contributed by atoms with Crippen molar-refractivity contribution in [3.05, 3.63) is 69.0 Å². The van der Waals surface area contributed by atoms with Crippen LogP contribution in [0.15, 0.2) is 47.3 Å². The van der Waals surface area contributed by atoms with Crippen LogP contribution < -0.4 is 16.6 Å². The van der Waals surface area contributed by atoms with E-state index in [4.69, 9.17) is 10.7 Å². The lowest BCUT2D eigenvalue weighted by Crippen LogP contribution is -2.13. The number of rotatable bonds is 3. The molecule has 0 fully saturated rings. The number of fused-ring (bicyclic) bond motifs is 2. The Morgan fingerprint density at radius 2 is 1.87 bits per heavy atom. The Kier molecular flexibility index (Phi) is 5.07. The molecule has 158 valence electrons. The maximum Gasteiger partial charge on any atom is 0.273 e. The van der Waals surface area contributed by atoms with Crippen LogP contribution in [0.3, 0.4) is 0 Å². The molecule has 4 aromatic rings. The van der Waals surface area contributed by atoms with Gasteiger partial charge in [-0.15, -0.1) is 11.3 Å². The lowest BCUT2D eigenvalue weighted by atomic mass is 9.96. The summed E-state index contributed by atoms with van der Waals surface area (Å²) in [5, 5.41) is 6.54. The number of amides is 1. The van der Waals surface area contributed by atoms with Crippen LogP contribution in [0.5, 0.6) is 0 Å². The summed E-state index contributed by atoms with van der Waals surface area (Å²) in [6, 6.07) is 12.7. The molecule has 31 heavy (non-hydrogen) atoms. The van der Waals surface area contributed by atoms with Crippen LogP contribution >= 0.6 is 11.3 Å². The highest BCUT2D eigenvalue weighted by atomic mass is 32.1. The summed E-state index contributed by atoms with van der Waals surface area (Å²) in [5.74, 6) is -0.0367. The first kappa shape index (κ1) is 19.6. The van der Waals surface area contributed by atoms with Gasteiger partial charge in [-0.3, -0.25) is 14.7 Å². The van der Waals surface area contributed by atoms with E-state index in [2.05, 4.69) is 16.5 Å². The van der Waals surface area contributed by atoms with Crippen molar-refractivity contribution in [1.29, 1.82) is 0 Å². The van der Waals surface area contributed by atoms with E-state index < -0.39 is 0 Å². The number of thiophene rings is 1. The van der Waals surface area contributed by atoms with Gasteiger partial charge in [-0.2, -0.15) is 0 Å². The van der Waals surface area contributed by atoms with E-state index in [-0.39, 0.29) is 11.5 Å². The highest BCUT2D eigenvalue weighted by Crippen LogP contribution is 2.35. The molecule has 0 bridgehead atoms. The maximum absolute atomic E-state index is 13.0. The first-order chi connectivity index (χ1) is 15.1. The van der Waals surface area contributed by atoms with Crippen LogP contribution in [-0.2, 0) is 12.8 Å². The van der Waals surface area contributed by atoms with Crippen molar-refractivity contribution < 1.29 is 4.79 Å². The summed E-state index contributed by atoms with van der Waals surface area (Å²) >= 11 is 1.30. The fraction of sp³-hybridized carbons (Fsp3) is 0.261. The molecule has 4 N–H and O–H groups in total. The third kappa shape index (κ3) is 3.74. The summed E-state index contributed by atoms with van der Waals surface area (Å²) < 4.78 is 1.38. The van der Waals surface area contributed by atoms with Crippen molar-refractivity contribution in [2.45, 2.75) is 38.5 Å². The Morgan fingerprint density at radius 3 is 2.68 bits per heavy atom. The number of para-hydroxylation sites is 1. The van der Waals surface area contributed by atoms with Gasteiger partial charge in [0.05, 0.1) is 11.4 Å². The minimum absolute atomic E-state index is 0.257. The van der Waals surface area contributed by atoms with E-state index in [1.807, 2.05) is 30.3 Å². The second kappa shape index (κ2) is 8.03. The number of carbonyl (C=O) groups excluding carboxylic acids is 1. The second-order valence-electron chi connectivity index (χ2n) is 7.84. The van der Waals surface area contributed by atoms with E-state index in [9.17, 15) is 9.59 Å². The molecule has 7 nitrogen and oxygen atoms in total. The van der Waals surface area contributed by atoms with Gasteiger partial charge in [0, 0.05) is 17.1 Å². The Labute approximate surface area is 182 Å². The van der Waals surface area contributed by atoms with Crippen molar-refractivity contribution in [2.75, 3.05) is 11.1 Å². The lowest BCUT2D eigenvalue weighted by molar-refractivity contribution is 0.103. The van der Waals surface area contributed by atoms with Crippen LogP contribution in [0.2, 0.25) is 0 Å². The number of pyridine rings is 1. The number of nitrogens with one attached hydrogen (secondary N) is 2. The number of aromatic nitrogens is 3. The average molecular weight is 434 g/mol. The smallest absolute Gasteiger partial charge is 0.273 e. The minimum Gasteiger partial charge on any atom is -0.397 e. The maximum atomic E-state index is 13.0. The SMILES string of the molecule is Nc1c(C(=O)Nc2cc(=O)n(-c3ccccc3)[nH]2)sc2nc3c(cc12)CCCCCC3. The average Bonchev–Trinajstić information content (AvgIpc) is 3.28. The molecule has 1 aliphatic carbocycles. The lowest BCUT2D eigenvalue weighted by Gasteiger charge is -2.12. The first-order valence-corrected chi connectivity index (χ1v) is 11.3. The number of nitrogens with zero attached hydrogens (tertiary/aromatic N) is 2. The fourth-order valence-corrected chi connectivity index (χ4v) is 5.08. The van der Waals surface area contributed by atoms with Gasteiger partial charge in [0.15, 0.2) is 0 Å². The first-order valence-electron chi connectivity index (χ1n) is 10.5. The van der Waals surface area contributed by atoms with Crippen LogP contribution in [0.25, 0.3) is 15.9 Å². The minimum atomic E-state index is -0.352. The van der Waals surface area contributed by atoms with Gasteiger partial charge in [-0.25, -0.2) is 9.67 Å². The highest BCUT2D eigenvalue weighted by Gasteiger charge is 2.20. The number of aryl methyl sites for hydroxylation is 2. The van der Waals surface area contributed by atoms with Gasteiger partial charge in [0.25, 0.3) is 11.5 Å². The number of aromatic amines is 1. The van der Waals surface area contributed by atoms with Crippen LogP contribution in [0.1, 0.15) is 46.6 Å². The monoisotopic (exact) mass is 433 g/mol. The molecule has 3 aromatic heterocycles.